The number of hydrogen-bond donors (Lipinski definition) is 1. The minimum absolute atomic E-state index is 0.471. The highest BCUT2D eigenvalue weighted by Gasteiger charge is 2.22. The smallest absolute Gasteiger partial charge is 0.137 e. The van der Waals surface area contributed by atoms with Gasteiger partial charge in [-0.15, -0.1) is 0 Å². The summed E-state index contributed by atoms with van der Waals surface area (Å²) in [6, 6.07) is 1.88. The molecule has 2 N–H and O–H groups in total. The Morgan fingerprint density at radius 3 is 2.80 bits per heavy atom. The van der Waals surface area contributed by atoms with Crippen LogP contribution in [0.1, 0.15) is 19.4 Å². The minimum atomic E-state index is -0.530. The molecule has 0 bridgehead atoms. The molecule has 1 rings (SSSR count). The fraction of sp³-hybridized carbons (Fsp3) is 0.545. The van der Waals surface area contributed by atoms with E-state index < -0.39 is 5.54 Å². The van der Waals surface area contributed by atoms with Crippen LogP contribution in [0.25, 0.3) is 0 Å². The first-order chi connectivity index (χ1) is 7.10. The summed E-state index contributed by atoms with van der Waals surface area (Å²) >= 11 is 0. The molecule has 0 aliphatic carbocycles. The Bertz CT molecular complexity index is 313. The molecule has 1 atom stereocenters. The zero-order chi connectivity index (χ0) is 11.3. The average molecular weight is 210 g/mol. The Hall–Kier alpha value is -1.13. The summed E-state index contributed by atoms with van der Waals surface area (Å²) in [5.41, 5.74) is 6.51. The van der Waals surface area contributed by atoms with Gasteiger partial charge < -0.3 is 15.2 Å². The zero-order valence-corrected chi connectivity index (χ0v) is 9.49. The van der Waals surface area contributed by atoms with Gasteiger partial charge in [0.05, 0.1) is 25.5 Å². The molecule has 0 saturated carbocycles. The van der Waals surface area contributed by atoms with E-state index in [-0.39, 0.29) is 0 Å². The van der Waals surface area contributed by atoms with Crippen LogP contribution in [-0.2, 0) is 10.3 Å². The number of methoxy groups -OCH3 is 1. The highest BCUT2D eigenvalue weighted by molar-refractivity contribution is 5.28. The number of rotatable bonds is 5. The molecule has 0 aromatic carbocycles. The third kappa shape index (κ3) is 3.18. The SMILES string of the molecule is CCOCC(C)(N)c1cncc(OC)c1. The monoisotopic (exact) mass is 210 g/mol. The minimum Gasteiger partial charge on any atom is -0.495 e. The van der Waals surface area contributed by atoms with Crippen LogP contribution in [0.2, 0.25) is 0 Å². The first-order valence-electron chi connectivity index (χ1n) is 4.96. The number of pyridine rings is 1. The maximum absolute atomic E-state index is 6.13. The molecule has 15 heavy (non-hydrogen) atoms. The van der Waals surface area contributed by atoms with E-state index in [1.165, 1.54) is 0 Å². The maximum atomic E-state index is 6.13. The van der Waals surface area contributed by atoms with Crippen molar-refractivity contribution in [2.75, 3.05) is 20.3 Å². The first-order valence-corrected chi connectivity index (χ1v) is 4.96. The molecule has 84 valence electrons. The molecule has 0 aliphatic heterocycles. The van der Waals surface area contributed by atoms with Gasteiger partial charge in [0.2, 0.25) is 0 Å². The fourth-order valence-electron chi connectivity index (χ4n) is 1.24. The van der Waals surface area contributed by atoms with Crippen LogP contribution in [0.4, 0.5) is 0 Å². The summed E-state index contributed by atoms with van der Waals surface area (Å²) in [5, 5.41) is 0. The summed E-state index contributed by atoms with van der Waals surface area (Å²) in [6.45, 7) is 4.99. The van der Waals surface area contributed by atoms with Gasteiger partial charge in [-0.25, -0.2) is 0 Å². The Balaban J connectivity index is 2.83. The van der Waals surface area contributed by atoms with Crippen LogP contribution in [0.15, 0.2) is 18.5 Å². The van der Waals surface area contributed by atoms with Crippen LogP contribution in [0, 0.1) is 0 Å². The molecule has 0 spiro atoms. The van der Waals surface area contributed by atoms with Crippen molar-refractivity contribution in [3.63, 3.8) is 0 Å². The Kier molecular flexibility index (Phi) is 4.05. The molecule has 0 fully saturated rings. The standard InChI is InChI=1S/C11H18N2O2/c1-4-15-8-11(2,12)9-5-10(14-3)7-13-6-9/h5-7H,4,8,12H2,1-3H3. The summed E-state index contributed by atoms with van der Waals surface area (Å²) in [4.78, 5) is 4.07. The van der Waals surface area contributed by atoms with Crippen molar-refractivity contribution >= 4 is 0 Å². The highest BCUT2D eigenvalue weighted by Crippen LogP contribution is 2.21. The number of nitrogens with zero attached hydrogens (tertiary/aromatic N) is 1. The topological polar surface area (TPSA) is 57.4 Å². The Morgan fingerprint density at radius 2 is 2.20 bits per heavy atom. The van der Waals surface area contributed by atoms with E-state index in [9.17, 15) is 0 Å². The third-order valence-electron chi connectivity index (χ3n) is 2.21. The summed E-state index contributed by atoms with van der Waals surface area (Å²) in [7, 11) is 1.61. The number of ether oxygens (including phenoxy) is 2. The predicted octanol–water partition coefficient (Wildman–Crippen LogP) is 1.30. The van der Waals surface area contributed by atoms with Crippen LogP contribution in [-0.4, -0.2) is 25.3 Å². The quantitative estimate of drug-likeness (QED) is 0.796. The van der Waals surface area contributed by atoms with Gasteiger partial charge in [0.1, 0.15) is 5.75 Å². The lowest BCUT2D eigenvalue weighted by molar-refractivity contribution is 0.101. The predicted molar refractivity (Wildman–Crippen MR) is 58.8 cm³/mol. The molecule has 1 unspecified atom stereocenters. The van der Waals surface area contributed by atoms with E-state index >= 15 is 0 Å². The van der Waals surface area contributed by atoms with Gasteiger partial charge in [0, 0.05) is 12.8 Å². The first kappa shape index (κ1) is 11.9. The van der Waals surface area contributed by atoms with Crippen LogP contribution in [0.3, 0.4) is 0 Å². The molecule has 4 nitrogen and oxygen atoms in total. The van der Waals surface area contributed by atoms with Crippen LogP contribution >= 0.6 is 0 Å². The molecule has 4 heteroatoms. The fourth-order valence-corrected chi connectivity index (χ4v) is 1.24. The van der Waals surface area contributed by atoms with E-state index in [1.807, 2.05) is 19.9 Å². The van der Waals surface area contributed by atoms with Crippen molar-refractivity contribution in [2.45, 2.75) is 19.4 Å². The van der Waals surface area contributed by atoms with Crippen molar-refractivity contribution in [3.05, 3.63) is 24.0 Å². The molecule has 1 heterocycles. The second kappa shape index (κ2) is 5.09. The third-order valence-corrected chi connectivity index (χ3v) is 2.21. The van der Waals surface area contributed by atoms with E-state index in [1.54, 1.807) is 19.5 Å². The van der Waals surface area contributed by atoms with E-state index in [0.717, 1.165) is 5.56 Å². The number of aromatic nitrogens is 1. The van der Waals surface area contributed by atoms with Gasteiger partial charge in [-0.1, -0.05) is 0 Å². The zero-order valence-electron chi connectivity index (χ0n) is 9.49. The number of nitrogens with two attached hydrogens (primary N) is 1. The van der Waals surface area contributed by atoms with Gasteiger partial charge in [-0.3, -0.25) is 4.98 Å². The lowest BCUT2D eigenvalue weighted by Gasteiger charge is -2.24. The molecule has 1 aromatic heterocycles. The molecular weight excluding hydrogens is 192 g/mol. The summed E-state index contributed by atoms with van der Waals surface area (Å²) in [5.74, 6) is 0.709. The summed E-state index contributed by atoms with van der Waals surface area (Å²) < 4.78 is 10.4. The molecule has 0 amide bonds. The molecule has 0 aliphatic rings. The van der Waals surface area contributed by atoms with Crippen molar-refractivity contribution in [2.24, 2.45) is 5.73 Å². The second-order valence-corrected chi connectivity index (χ2v) is 3.67. The van der Waals surface area contributed by atoms with Crippen molar-refractivity contribution in [3.8, 4) is 5.75 Å². The van der Waals surface area contributed by atoms with Crippen LogP contribution in [0.5, 0.6) is 5.75 Å². The van der Waals surface area contributed by atoms with Crippen molar-refractivity contribution < 1.29 is 9.47 Å². The highest BCUT2D eigenvalue weighted by atomic mass is 16.5. The van der Waals surface area contributed by atoms with E-state index in [2.05, 4.69) is 4.98 Å². The maximum Gasteiger partial charge on any atom is 0.137 e. The van der Waals surface area contributed by atoms with Gasteiger partial charge in [-0.2, -0.15) is 0 Å². The Labute approximate surface area is 90.4 Å². The van der Waals surface area contributed by atoms with E-state index in [4.69, 9.17) is 15.2 Å². The lowest BCUT2D eigenvalue weighted by Crippen LogP contribution is -2.38. The summed E-state index contributed by atoms with van der Waals surface area (Å²) in [6.07, 6.45) is 3.39. The lowest BCUT2D eigenvalue weighted by atomic mass is 9.96. The number of hydrogen-bond acceptors (Lipinski definition) is 4. The van der Waals surface area contributed by atoms with Gasteiger partial charge in [0.25, 0.3) is 0 Å². The normalized spacial score (nSPS) is 14.7. The molecular formula is C11H18N2O2. The van der Waals surface area contributed by atoms with Crippen molar-refractivity contribution in [1.29, 1.82) is 0 Å². The van der Waals surface area contributed by atoms with Gasteiger partial charge >= 0.3 is 0 Å². The average Bonchev–Trinajstić information content (AvgIpc) is 2.26. The van der Waals surface area contributed by atoms with E-state index in [0.29, 0.717) is 19.0 Å². The van der Waals surface area contributed by atoms with Crippen LogP contribution < -0.4 is 10.5 Å². The van der Waals surface area contributed by atoms with Crippen molar-refractivity contribution in [1.82, 2.24) is 4.98 Å². The van der Waals surface area contributed by atoms with Gasteiger partial charge in [0.15, 0.2) is 0 Å². The molecule has 0 radical (unpaired) electrons. The second-order valence-electron chi connectivity index (χ2n) is 3.67. The molecule has 0 saturated heterocycles. The largest absolute Gasteiger partial charge is 0.495 e. The Morgan fingerprint density at radius 1 is 1.47 bits per heavy atom. The van der Waals surface area contributed by atoms with Gasteiger partial charge in [-0.05, 0) is 25.5 Å². The molecule has 1 aromatic rings.